The van der Waals surface area contributed by atoms with Crippen molar-refractivity contribution in [2.75, 3.05) is 25.6 Å². The van der Waals surface area contributed by atoms with Gasteiger partial charge in [0, 0.05) is 19.0 Å². The van der Waals surface area contributed by atoms with E-state index in [2.05, 4.69) is 37.0 Å². The summed E-state index contributed by atoms with van der Waals surface area (Å²) in [6.45, 7) is 6.83. The van der Waals surface area contributed by atoms with E-state index in [1.54, 1.807) is 0 Å². The van der Waals surface area contributed by atoms with Crippen LogP contribution in [0.1, 0.15) is 233 Å². The second-order valence-electron chi connectivity index (χ2n) is 20.2. The summed E-state index contributed by atoms with van der Waals surface area (Å²) in [6, 6.07) is 1.25. The highest BCUT2D eigenvalue weighted by molar-refractivity contribution is 7.61. The zero-order chi connectivity index (χ0) is 52.3. The van der Waals surface area contributed by atoms with Crippen molar-refractivity contribution < 1.29 is 66.3 Å². The number of nitrogens with zero attached hydrogens (tertiary/aromatic N) is 2. The molecule has 1 aliphatic heterocycles. The number of esters is 2. The fourth-order valence-electron chi connectivity index (χ4n) is 8.54. The van der Waals surface area contributed by atoms with Gasteiger partial charge in [-0.2, -0.15) is 9.29 Å². The van der Waals surface area contributed by atoms with Gasteiger partial charge in [0.05, 0.1) is 13.2 Å². The van der Waals surface area contributed by atoms with Crippen LogP contribution in [0.4, 0.5) is 5.82 Å². The second kappa shape index (κ2) is 38.3. The van der Waals surface area contributed by atoms with Crippen molar-refractivity contribution in [1.82, 2.24) is 9.55 Å². The van der Waals surface area contributed by atoms with Gasteiger partial charge in [-0.3, -0.25) is 23.2 Å². The first-order valence-electron chi connectivity index (χ1n) is 27.3. The van der Waals surface area contributed by atoms with Crippen LogP contribution in [-0.4, -0.2) is 85.7 Å². The Morgan fingerprint density at radius 3 is 1.61 bits per heavy atom. The summed E-state index contributed by atoms with van der Waals surface area (Å²) >= 11 is 0. The Kier molecular flexibility index (Phi) is 35.0. The summed E-state index contributed by atoms with van der Waals surface area (Å²) in [6.07, 6.45) is 27.7. The van der Waals surface area contributed by atoms with Gasteiger partial charge in [0.1, 0.15) is 30.7 Å². The largest absolute Gasteiger partial charge is 0.481 e. The van der Waals surface area contributed by atoms with Crippen molar-refractivity contribution in [2.45, 2.75) is 257 Å². The van der Waals surface area contributed by atoms with Crippen LogP contribution in [0.3, 0.4) is 0 Å². The molecule has 0 aliphatic carbocycles. The molecule has 2 rings (SSSR count). The zero-order valence-electron chi connectivity index (χ0n) is 43.9. The van der Waals surface area contributed by atoms with E-state index in [1.165, 1.54) is 134 Å². The normalized spacial score (nSPS) is 19.6. The molecule has 1 aromatic heterocycles. The van der Waals surface area contributed by atoms with E-state index in [0.29, 0.717) is 12.8 Å². The number of ether oxygens (including phenoxy) is 3. The third-order valence-electron chi connectivity index (χ3n) is 13.2. The Hall–Kier alpha value is -2.24. The smallest absolute Gasteiger partial charge is 0.462 e. The van der Waals surface area contributed by atoms with Crippen molar-refractivity contribution >= 4 is 33.4 Å². The topological polar surface area (TPSA) is 265 Å². The minimum absolute atomic E-state index is 0.0572. The molecule has 0 spiro atoms. The first-order chi connectivity index (χ1) is 33.9. The SMILES string of the molecule is CCC(C)CCCCCCCCCCC(=O)OC[C@H](COP(=O)(O)OP(=O)(O)OC[C@H]1O[C@@H](n2ccc(N)nc2=O)C(O)[C@H]1O)OC(=O)CCCCCCCCCCCCCCCCCCCCC(C)C. The van der Waals surface area contributed by atoms with Crippen LogP contribution in [0.5, 0.6) is 0 Å². The van der Waals surface area contributed by atoms with Gasteiger partial charge in [-0.15, -0.1) is 0 Å². The molecule has 1 saturated heterocycles. The fraction of sp³-hybridized carbons (Fsp3) is 0.882. The summed E-state index contributed by atoms with van der Waals surface area (Å²) in [5, 5.41) is 20.9. The highest BCUT2D eigenvalue weighted by atomic mass is 31.3. The molecule has 0 amide bonds. The Bertz CT molecular complexity index is 1720. The van der Waals surface area contributed by atoms with Crippen LogP contribution in [-0.2, 0) is 46.3 Å². The van der Waals surface area contributed by atoms with Gasteiger partial charge in [0.15, 0.2) is 12.3 Å². The number of phosphoric acid groups is 2. The minimum Gasteiger partial charge on any atom is -0.462 e. The van der Waals surface area contributed by atoms with Crippen molar-refractivity contribution in [2.24, 2.45) is 11.8 Å². The summed E-state index contributed by atoms with van der Waals surface area (Å²) in [7, 11) is -10.8. The Balaban J connectivity index is 1.74. The number of hydrogen-bond acceptors (Lipinski definition) is 15. The van der Waals surface area contributed by atoms with Crippen LogP contribution in [0.2, 0.25) is 0 Å². The number of nitrogens with two attached hydrogens (primary N) is 1. The third-order valence-corrected chi connectivity index (χ3v) is 15.8. The van der Waals surface area contributed by atoms with Gasteiger partial charge in [0.25, 0.3) is 0 Å². The lowest BCUT2D eigenvalue weighted by Crippen LogP contribution is -2.36. The average Bonchev–Trinajstić information content (AvgIpc) is 3.59. The molecule has 71 heavy (non-hydrogen) atoms. The van der Waals surface area contributed by atoms with Crippen LogP contribution in [0.15, 0.2) is 17.1 Å². The summed E-state index contributed by atoms with van der Waals surface area (Å²) in [5.74, 6) is 0.316. The molecule has 1 aromatic rings. The molecule has 1 aliphatic rings. The third kappa shape index (κ3) is 32.0. The predicted octanol–water partition coefficient (Wildman–Crippen LogP) is 11.6. The molecule has 0 radical (unpaired) electrons. The second-order valence-corrected chi connectivity index (χ2v) is 23.2. The molecular weight excluding hydrogens is 957 g/mol. The van der Waals surface area contributed by atoms with Crippen LogP contribution >= 0.6 is 15.6 Å². The Morgan fingerprint density at radius 2 is 1.13 bits per heavy atom. The highest BCUT2D eigenvalue weighted by Gasteiger charge is 2.46. The van der Waals surface area contributed by atoms with E-state index in [9.17, 15) is 43.5 Å². The molecule has 0 aromatic carbocycles. The highest BCUT2D eigenvalue weighted by Crippen LogP contribution is 2.60. The van der Waals surface area contributed by atoms with Gasteiger partial charge in [0.2, 0.25) is 0 Å². The number of aromatic nitrogens is 2. The maximum atomic E-state index is 12.9. The summed E-state index contributed by atoms with van der Waals surface area (Å²) in [4.78, 5) is 62.0. The van der Waals surface area contributed by atoms with E-state index in [-0.39, 0.29) is 18.7 Å². The molecule has 8 atom stereocenters. The maximum absolute atomic E-state index is 12.9. The lowest BCUT2D eigenvalue weighted by atomic mass is 9.99. The Morgan fingerprint density at radius 1 is 0.676 bits per heavy atom. The lowest BCUT2D eigenvalue weighted by molar-refractivity contribution is -0.161. The minimum atomic E-state index is -5.42. The molecule has 20 heteroatoms. The Labute approximate surface area is 425 Å². The molecule has 2 heterocycles. The standard InChI is InChI=1S/C51H95N3O15P2/c1-5-42(4)33-29-25-21-18-19-22-26-30-34-46(55)64-38-43(67-47(56)35-31-27-23-17-15-13-11-9-7-6-8-10-12-14-16-20-24-28-32-41(2)3)39-65-70(60,61)69-71(62,63)66-40-44-48(57)49(58)50(68-44)54-37-36-45(52)53-51(54)59/h36-37,41-44,48-50,57-58H,5-35,38-40H2,1-4H3,(H,60,61)(H,62,63)(H2,52,53,59)/t42?,43-,44-,48+,49?,50-/m1/s1. The lowest BCUT2D eigenvalue weighted by Gasteiger charge is -2.21. The number of unbranched alkanes of at least 4 members (excludes halogenated alkanes) is 24. The summed E-state index contributed by atoms with van der Waals surface area (Å²) in [5.41, 5.74) is 4.60. The predicted molar refractivity (Wildman–Crippen MR) is 275 cm³/mol. The zero-order valence-corrected chi connectivity index (χ0v) is 45.7. The number of nitrogen functional groups attached to an aromatic ring is 1. The number of carbonyl (C=O) groups is 2. The number of aliphatic hydroxyl groups excluding tert-OH is 2. The molecule has 0 saturated carbocycles. The fourth-order valence-corrected chi connectivity index (χ4v) is 10.6. The van der Waals surface area contributed by atoms with E-state index < -0.39 is 83.7 Å². The average molecular weight is 1050 g/mol. The quantitative estimate of drug-likeness (QED) is 0.0231. The number of anilines is 1. The van der Waals surface area contributed by atoms with E-state index in [0.717, 1.165) is 67.8 Å². The first kappa shape index (κ1) is 64.9. The van der Waals surface area contributed by atoms with Crippen molar-refractivity contribution in [3.05, 3.63) is 22.7 Å². The van der Waals surface area contributed by atoms with E-state index >= 15 is 0 Å². The van der Waals surface area contributed by atoms with Crippen LogP contribution in [0.25, 0.3) is 0 Å². The van der Waals surface area contributed by atoms with Crippen molar-refractivity contribution in [3.8, 4) is 0 Å². The number of carbonyl (C=O) groups excluding carboxylic acids is 2. The molecule has 6 N–H and O–H groups in total. The van der Waals surface area contributed by atoms with Gasteiger partial charge >= 0.3 is 33.3 Å². The monoisotopic (exact) mass is 1050 g/mol. The van der Waals surface area contributed by atoms with Crippen molar-refractivity contribution in [1.29, 1.82) is 0 Å². The number of rotatable bonds is 45. The van der Waals surface area contributed by atoms with E-state index in [1.807, 2.05) is 0 Å². The summed E-state index contributed by atoms with van der Waals surface area (Å²) < 4.78 is 56.9. The molecule has 1 fully saturated rings. The van der Waals surface area contributed by atoms with E-state index in [4.69, 9.17) is 29.0 Å². The molecule has 18 nitrogen and oxygen atoms in total. The van der Waals surface area contributed by atoms with Crippen LogP contribution in [0, 0.1) is 11.8 Å². The molecule has 4 unspecified atom stereocenters. The molecular formula is C51H95N3O15P2. The van der Waals surface area contributed by atoms with Crippen LogP contribution < -0.4 is 11.4 Å². The van der Waals surface area contributed by atoms with Gasteiger partial charge < -0.3 is 39.9 Å². The van der Waals surface area contributed by atoms with Crippen molar-refractivity contribution in [3.63, 3.8) is 0 Å². The molecule has 414 valence electrons. The number of phosphoric ester groups is 2. The van der Waals surface area contributed by atoms with Gasteiger partial charge in [-0.1, -0.05) is 201 Å². The maximum Gasteiger partial charge on any atom is 0.481 e. The van der Waals surface area contributed by atoms with Gasteiger partial charge in [-0.05, 0) is 30.7 Å². The molecule has 0 bridgehead atoms. The number of aliphatic hydroxyl groups is 2. The first-order valence-corrected chi connectivity index (χ1v) is 30.3. The number of hydrogen-bond donors (Lipinski definition) is 5. The van der Waals surface area contributed by atoms with Gasteiger partial charge in [-0.25, -0.2) is 13.9 Å².